The second-order valence-electron chi connectivity index (χ2n) is 4.88. The zero-order valence-electron chi connectivity index (χ0n) is 12.2. The average Bonchev–Trinajstić information content (AvgIpc) is 2.46. The highest BCUT2D eigenvalue weighted by Gasteiger charge is 2.01. The van der Waals surface area contributed by atoms with E-state index in [-0.39, 0.29) is 0 Å². The van der Waals surface area contributed by atoms with Crippen molar-refractivity contribution in [2.24, 2.45) is 0 Å². The van der Waals surface area contributed by atoms with Crippen molar-refractivity contribution in [2.75, 3.05) is 37.8 Å². The van der Waals surface area contributed by atoms with E-state index in [1.807, 2.05) is 24.3 Å². The van der Waals surface area contributed by atoms with Gasteiger partial charge in [-0.2, -0.15) is 10.1 Å². The highest BCUT2D eigenvalue weighted by molar-refractivity contribution is 9.10. The molecule has 1 aromatic heterocycles. The minimum Gasteiger partial charge on any atom is -0.353 e. The van der Waals surface area contributed by atoms with Crippen LogP contribution in [0.4, 0.5) is 17.5 Å². The number of benzene rings is 1. The Labute approximate surface area is 133 Å². The van der Waals surface area contributed by atoms with E-state index in [0.29, 0.717) is 11.8 Å². The van der Waals surface area contributed by atoms with Crippen LogP contribution in [0.15, 0.2) is 34.9 Å². The van der Waals surface area contributed by atoms with Gasteiger partial charge in [0.25, 0.3) is 0 Å². The van der Waals surface area contributed by atoms with Gasteiger partial charge < -0.3 is 15.5 Å². The maximum absolute atomic E-state index is 4.39. The van der Waals surface area contributed by atoms with Gasteiger partial charge in [-0.1, -0.05) is 15.9 Å². The summed E-state index contributed by atoms with van der Waals surface area (Å²) in [4.78, 5) is 6.53. The van der Waals surface area contributed by atoms with Gasteiger partial charge in [-0.3, -0.25) is 0 Å². The number of aromatic nitrogens is 3. The summed E-state index contributed by atoms with van der Waals surface area (Å²) in [6.45, 7) is 1.85. The van der Waals surface area contributed by atoms with E-state index in [2.05, 4.69) is 60.7 Å². The van der Waals surface area contributed by atoms with E-state index >= 15 is 0 Å². The fourth-order valence-corrected chi connectivity index (χ4v) is 1.98. The molecule has 0 fully saturated rings. The number of rotatable bonds is 7. The number of nitrogens with zero attached hydrogens (tertiary/aromatic N) is 4. The fraction of sp³-hybridized carbons (Fsp3) is 0.357. The van der Waals surface area contributed by atoms with Crippen LogP contribution in [0.2, 0.25) is 0 Å². The lowest BCUT2D eigenvalue weighted by atomic mass is 10.3. The van der Waals surface area contributed by atoms with Crippen LogP contribution in [0.25, 0.3) is 0 Å². The van der Waals surface area contributed by atoms with E-state index < -0.39 is 0 Å². The first-order valence-electron chi connectivity index (χ1n) is 6.74. The van der Waals surface area contributed by atoms with Crippen LogP contribution in [-0.2, 0) is 0 Å². The smallest absolute Gasteiger partial charge is 0.244 e. The van der Waals surface area contributed by atoms with Crippen molar-refractivity contribution in [3.8, 4) is 0 Å². The first-order chi connectivity index (χ1) is 10.1. The van der Waals surface area contributed by atoms with Crippen LogP contribution in [0.3, 0.4) is 0 Å². The molecule has 0 atom stereocenters. The molecule has 2 N–H and O–H groups in total. The molecular formula is C14H19BrN6. The topological polar surface area (TPSA) is 66.0 Å². The Bertz CT molecular complexity index is 558. The SMILES string of the molecule is CN(C)CCCNc1nncc(Nc2ccc(Br)cc2)n1. The molecule has 0 saturated heterocycles. The van der Waals surface area contributed by atoms with Crippen molar-refractivity contribution >= 4 is 33.4 Å². The van der Waals surface area contributed by atoms with Crippen LogP contribution in [0.1, 0.15) is 6.42 Å². The van der Waals surface area contributed by atoms with E-state index in [1.54, 1.807) is 6.20 Å². The Hall–Kier alpha value is -1.73. The summed E-state index contributed by atoms with van der Waals surface area (Å²) in [6, 6.07) is 7.88. The van der Waals surface area contributed by atoms with Crippen LogP contribution in [0.5, 0.6) is 0 Å². The van der Waals surface area contributed by atoms with Gasteiger partial charge in [-0.25, -0.2) is 0 Å². The normalized spacial score (nSPS) is 10.7. The maximum atomic E-state index is 4.39. The lowest BCUT2D eigenvalue weighted by Gasteiger charge is -2.10. The molecule has 21 heavy (non-hydrogen) atoms. The molecule has 2 rings (SSSR count). The Kier molecular flexibility index (Phi) is 5.89. The third-order valence-corrected chi connectivity index (χ3v) is 3.27. The van der Waals surface area contributed by atoms with Gasteiger partial charge in [0.1, 0.15) is 0 Å². The number of hydrogen-bond donors (Lipinski definition) is 2. The molecule has 0 aliphatic carbocycles. The molecule has 0 saturated carbocycles. The zero-order valence-corrected chi connectivity index (χ0v) is 13.8. The Morgan fingerprint density at radius 3 is 2.67 bits per heavy atom. The molecule has 0 bridgehead atoms. The van der Waals surface area contributed by atoms with Crippen LogP contribution < -0.4 is 10.6 Å². The molecule has 0 unspecified atom stereocenters. The summed E-state index contributed by atoms with van der Waals surface area (Å²) in [6.07, 6.45) is 2.63. The Morgan fingerprint density at radius 2 is 1.95 bits per heavy atom. The van der Waals surface area contributed by atoms with Crippen molar-refractivity contribution < 1.29 is 0 Å². The summed E-state index contributed by atoms with van der Waals surface area (Å²) in [5, 5.41) is 14.3. The average molecular weight is 351 g/mol. The van der Waals surface area contributed by atoms with Gasteiger partial charge in [0.2, 0.25) is 5.95 Å². The van der Waals surface area contributed by atoms with E-state index in [9.17, 15) is 0 Å². The molecule has 2 aromatic rings. The lowest BCUT2D eigenvalue weighted by Crippen LogP contribution is -2.17. The highest BCUT2D eigenvalue weighted by atomic mass is 79.9. The Balaban J connectivity index is 1.89. The van der Waals surface area contributed by atoms with Crippen molar-refractivity contribution in [3.05, 3.63) is 34.9 Å². The van der Waals surface area contributed by atoms with Gasteiger partial charge >= 0.3 is 0 Å². The standard InChI is InChI=1S/C14H19BrN6/c1-21(2)9-3-8-16-14-19-13(10-17-20-14)18-12-6-4-11(15)5-7-12/h4-7,10H,3,8-9H2,1-2H3,(H2,16,18,19,20). The van der Waals surface area contributed by atoms with Gasteiger partial charge in [0, 0.05) is 16.7 Å². The molecule has 0 amide bonds. The van der Waals surface area contributed by atoms with E-state index in [4.69, 9.17) is 0 Å². The summed E-state index contributed by atoms with van der Waals surface area (Å²) in [5.41, 5.74) is 0.956. The predicted molar refractivity (Wildman–Crippen MR) is 88.9 cm³/mol. The molecule has 7 heteroatoms. The molecule has 0 spiro atoms. The largest absolute Gasteiger partial charge is 0.353 e. The molecule has 112 valence electrons. The number of halogens is 1. The van der Waals surface area contributed by atoms with Crippen molar-refractivity contribution in [1.29, 1.82) is 0 Å². The van der Waals surface area contributed by atoms with Crippen molar-refractivity contribution in [3.63, 3.8) is 0 Å². The van der Waals surface area contributed by atoms with Crippen LogP contribution in [-0.4, -0.2) is 47.3 Å². The first-order valence-corrected chi connectivity index (χ1v) is 7.54. The molecular weight excluding hydrogens is 332 g/mol. The summed E-state index contributed by atoms with van der Waals surface area (Å²) >= 11 is 3.41. The monoisotopic (exact) mass is 350 g/mol. The van der Waals surface area contributed by atoms with Crippen LogP contribution >= 0.6 is 15.9 Å². The van der Waals surface area contributed by atoms with E-state index in [0.717, 1.165) is 29.7 Å². The zero-order chi connectivity index (χ0) is 15.1. The molecule has 1 aromatic carbocycles. The lowest BCUT2D eigenvalue weighted by molar-refractivity contribution is 0.405. The third kappa shape index (κ3) is 5.65. The summed E-state index contributed by atoms with van der Waals surface area (Å²) < 4.78 is 1.04. The second kappa shape index (κ2) is 7.90. The maximum Gasteiger partial charge on any atom is 0.244 e. The summed E-state index contributed by atoms with van der Waals surface area (Å²) in [7, 11) is 4.11. The van der Waals surface area contributed by atoms with Gasteiger partial charge in [-0.05, 0) is 51.3 Å². The molecule has 1 heterocycles. The number of anilines is 3. The minimum absolute atomic E-state index is 0.538. The fourth-order valence-electron chi connectivity index (χ4n) is 1.72. The molecule has 6 nitrogen and oxygen atoms in total. The van der Waals surface area contributed by atoms with Gasteiger partial charge in [-0.15, -0.1) is 5.10 Å². The number of nitrogens with one attached hydrogen (secondary N) is 2. The Morgan fingerprint density at radius 1 is 1.19 bits per heavy atom. The first kappa shape index (κ1) is 15.7. The van der Waals surface area contributed by atoms with Gasteiger partial charge in [0.15, 0.2) is 5.82 Å². The van der Waals surface area contributed by atoms with E-state index in [1.165, 1.54) is 0 Å². The van der Waals surface area contributed by atoms with Crippen molar-refractivity contribution in [2.45, 2.75) is 6.42 Å². The minimum atomic E-state index is 0.538. The summed E-state index contributed by atoms with van der Waals surface area (Å²) in [5.74, 6) is 1.21. The highest BCUT2D eigenvalue weighted by Crippen LogP contribution is 2.17. The number of hydrogen-bond acceptors (Lipinski definition) is 6. The van der Waals surface area contributed by atoms with Crippen molar-refractivity contribution in [1.82, 2.24) is 20.1 Å². The second-order valence-corrected chi connectivity index (χ2v) is 5.80. The third-order valence-electron chi connectivity index (χ3n) is 2.74. The predicted octanol–water partition coefficient (Wildman–Crippen LogP) is 2.74. The molecule has 0 aliphatic rings. The molecule has 0 radical (unpaired) electrons. The van der Waals surface area contributed by atoms with Gasteiger partial charge in [0.05, 0.1) is 6.20 Å². The quantitative estimate of drug-likeness (QED) is 0.748. The molecule has 0 aliphatic heterocycles. The van der Waals surface area contributed by atoms with Crippen LogP contribution in [0, 0.1) is 0 Å².